The van der Waals surface area contributed by atoms with Crippen molar-refractivity contribution in [1.82, 2.24) is 0 Å². The number of aryl methyl sites for hydroxylation is 1. The lowest BCUT2D eigenvalue weighted by molar-refractivity contribution is -0.384. The molecule has 0 heterocycles. The maximum Gasteiger partial charge on any atom is 0.297 e. The number of hydrogen-bond donors (Lipinski definition) is 3. The van der Waals surface area contributed by atoms with E-state index in [9.17, 15) is 10.1 Å². The zero-order chi connectivity index (χ0) is 12.3. The largest absolute Gasteiger partial charge is 0.398 e. The minimum atomic E-state index is -0.530. The highest BCUT2D eigenvalue weighted by molar-refractivity contribution is 5.73. The van der Waals surface area contributed by atoms with Gasteiger partial charge in [-0.3, -0.25) is 10.1 Å². The summed E-state index contributed by atoms with van der Waals surface area (Å²) in [6.45, 7) is 1.71. The van der Waals surface area contributed by atoms with Crippen LogP contribution in [0.15, 0.2) is 6.07 Å². The Balaban J connectivity index is 3.33. The molecule has 0 aliphatic rings. The number of aliphatic hydroxyl groups excluding tert-OH is 1. The lowest BCUT2D eigenvalue weighted by Gasteiger charge is -2.10. The molecule has 0 fully saturated rings. The normalized spacial score (nSPS) is 10.4. The zero-order valence-corrected chi connectivity index (χ0v) is 9.06. The Morgan fingerprint density at radius 2 is 2.12 bits per heavy atom. The molecule has 16 heavy (non-hydrogen) atoms. The van der Waals surface area contributed by atoms with Gasteiger partial charge in [0.1, 0.15) is 5.69 Å². The van der Waals surface area contributed by atoms with Crippen molar-refractivity contribution in [2.45, 2.75) is 19.8 Å². The van der Waals surface area contributed by atoms with Crippen molar-refractivity contribution < 1.29 is 10.0 Å². The number of nitro groups is 1. The summed E-state index contributed by atoms with van der Waals surface area (Å²) in [7, 11) is 0. The van der Waals surface area contributed by atoms with Gasteiger partial charge in [-0.05, 0) is 31.4 Å². The van der Waals surface area contributed by atoms with E-state index in [0.29, 0.717) is 24.1 Å². The average molecular weight is 225 g/mol. The summed E-state index contributed by atoms with van der Waals surface area (Å²) >= 11 is 0. The van der Waals surface area contributed by atoms with Crippen LogP contribution in [0.5, 0.6) is 0 Å². The monoisotopic (exact) mass is 225 g/mol. The maximum atomic E-state index is 10.9. The number of aliphatic hydroxyl groups is 1. The fourth-order valence-electron chi connectivity index (χ4n) is 1.64. The van der Waals surface area contributed by atoms with Crippen LogP contribution in [-0.4, -0.2) is 16.6 Å². The molecule has 0 aromatic heterocycles. The Labute approximate surface area is 93.0 Å². The molecule has 5 N–H and O–H groups in total. The van der Waals surface area contributed by atoms with Crippen LogP contribution >= 0.6 is 0 Å². The molecular weight excluding hydrogens is 210 g/mol. The van der Waals surface area contributed by atoms with E-state index in [1.54, 1.807) is 6.92 Å². The third-order valence-corrected chi connectivity index (χ3v) is 2.45. The summed E-state index contributed by atoms with van der Waals surface area (Å²) in [5, 5.41) is 19.6. The van der Waals surface area contributed by atoms with E-state index in [4.69, 9.17) is 16.6 Å². The van der Waals surface area contributed by atoms with Crippen LogP contribution in [0, 0.1) is 17.0 Å². The maximum absolute atomic E-state index is 10.9. The summed E-state index contributed by atoms with van der Waals surface area (Å²) < 4.78 is 0. The third kappa shape index (κ3) is 2.22. The van der Waals surface area contributed by atoms with Gasteiger partial charge in [-0.2, -0.15) is 0 Å². The Kier molecular flexibility index (Phi) is 3.68. The van der Waals surface area contributed by atoms with Gasteiger partial charge in [0, 0.05) is 12.3 Å². The number of nitro benzene ring substituents is 1. The predicted octanol–water partition coefficient (Wildman–Crippen LogP) is 0.993. The van der Waals surface area contributed by atoms with E-state index in [0.717, 1.165) is 5.56 Å². The summed E-state index contributed by atoms with van der Waals surface area (Å²) in [5.74, 6) is 0. The molecule has 6 heteroatoms. The van der Waals surface area contributed by atoms with Crippen molar-refractivity contribution in [3.8, 4) is 0 Å². The lowest BCUT2D eigenvalue weighted by Crippen LogP contribution is -2.07. The van der Waals surface area contributed by atoms with E-state index >= 15 is 0 Å². The molecule has 0 spiro atoms. The fraction of sp³-hybridized carbons (Fsp3) is 0.400. The Hall–Kier alpha value is -1.82. The number of hydrogen-bond acceptors (Lipinski definition) is 5. The SMILES string of the molecule is Cc1cc(N)c([N+](=O)[O-])c(CCCO)c1N. The van der Waals surface area contributed by atoms with Crippen LogP contribution in [-0.2, 0) is 6.42 Å². The summed E-state index contributed by atoms with van der Waals surface area (Å²) in [6, 6.07) is 1.50. The zero-order valence-electron chi connectivity index (χ0n) is 9.06. The quantitative estimate of drug-likeness (QED) is 0.401. The Morgan fingerprint density at radius 1 is 1.50 bits per heavy atom. The number of nitrogens with zero attached hydrogens (tertiary/aromatic N) is 1. The second kappa shape index (κ2) is 4.80. The molecule has 0 bridgehead atoms. The van der Waals surface area contributed by atoms with Crippen molar-refractivity contribution in [1.29, 1.82) is 0 Å². The third-order valence-electron chi connectivity index (χ3n) is 2.45. The van der Waals surface area contributed by atoms with Gasteiger partial charge in [0.2, 0.25) is 0 Å². The van der Waals surface area contributed by atoms with Crippen LogP contribution in [0.3, 0.4) is 0 Å². The molecule has 0 aliphatic carbocycles. The first-order valence-electron chi connectivity index (χ1n) is 4.91. The molecule has 0 atom stereocenters. The minimum absolute atomic E-state index is 0.0373. The second-order valence-electron chi connectivity index (χ2n) is 3.61. The van der Waals surface area contributed by atoms with E-state index in [1.807, 2.05) is 0 Å². The van der Waals surface area contributed by atoms with E-state index in [2.05, 4.69) is 0 Å². The highest BCUT2D eigenvalue weighted by Gasteiger charge is 2.21. The van der Waals surface area contributed by atoms with Gasteiger partial charge in [0.15, 0.2) is 0 Å². The molecule has 1 aromatic carbocycles. The first-order valence-corrected chi connectivity index (χ1v) is 4.91. The van der Waals surface area contributed by atoms with Crippen LogP contribution in [0.1, 0.15) is 17.5 Å². The number of rotatable bonds is 4. The number of benzene rings is 1. The first kappa shape index (κ1) is 12.3. The van der Waals surface area contributed by atoms with Gasteiger partial charge in [-0.15, -0.1) is 0 Å². The predicted molar refractivity (Wildman–Crippen MR) is 62.1 cm³/mol. The summed E-state index contributed by atoms with van der Waals surface area (Å²) in [5.41, 5.74) is 12.9. The molecule has 0 unspecified atom stereocenters. The van der Waals surface area contributed by atoms with E-state index in [1.165, 1.54) is 6.07 Å². The number of anilines is 2. The molecule has 1 rings (SSSR count). The highest BCUT2D eigenvalue weighted by atomic mass is 16.6. The molecule has 0 saturated carbocycles. The number of nitrogen functional groups attached to an aromatic ring is 2. The van der Waals surface area contributed by atoms with Crippen molar-refractivity contribution in [3.63, 3.8) is 0 Å². The molecular formula is C10H15N3O3. The smallest absolute Gasteiger partial charge is 0.297 e. The van der Waals surface area contributed by atoms with Crippen molar-refractivity contribution in [3.05, 3.63) is 27.3 Å². The first-order chi connectivity index (χ1) is 7.49. The molecule has 0 aliphatic heterocycles. The van der Waals surface area contributed by atoms with Crippen molar-refractivity contribution in [2.75, 3.05) is 18.1 Å². The molecule has 0 radical (unpaired) electrons. The van der Waals surface area contributed by atoms with Gasteiger partial charge in [-0.25, -0.2) is 0 Å². The average Bonchev–Trinajstić information content (AvgIpc) is 2.20. The van der Waals surface area contributed by atoms with Gasteiger partial charge in [0.25, 0.3) is 5.69 Å². The fourth-order valence-corrected chi connectivity index (χ4v) is 1.64. The molecule has 6 nitrogen and oxygen atoms in total. The van der Waals surface area contributed by atoms with Crippen molar-refractivity contribution >= 4 is 17.1 Å². The molecule has 1 aromatic rings. The van der Waals surface area contributed by atoms with Gasteiger partial charge in [-0.1, -0.05) is 0 Å². The van der Waals surface area contributed by atoms with E-state index < -0.39 is 4.92 Å². The summed E-state index contributed by atoms with van der Waals surface area (Å²) in [6.07, 6.45) is 0.776. The second-order valence-corrected chi connectivity index (χ2v) is 3.61. The summed E-state index contributed by atoms with van der Waals surface area (Å²) in [4.78, 5) is 10.3. The molecule has 88 valence electrons. The standard InChI is InChI=1S/C10H15N3O3/c1-6-5-8(11)10(13(15)16)7(9(6)12)3-2-4-14/h5,14H,2-4,11-12H2,1H3. The Morgan fingerprint density at radius 3 is 2.62 bits per heavy atom. The van der Waals surface area contributed by atoms with Gasteiger partial charge < -0.3 is 16.6 Å². The van der Waals surface area contributed by atoms with Crippen LogP contribution < -0.4 is 11.5 Å². The Bertz CT molecular complexity index is 418. The van der Waals surface area contributed by atoms with Crippen LogP contribution in [0.2, 0.25) is 0 Å². The van der Waals surface area contributed by atoms with Gasteiger partial charge in [0.05, 0.1) is 10.5 Å². The topological polar surface area (TPSA) is 115 Å². The highest BCUT2D eigenvalue weighted by Crippen LogP contribution is 2.34. The van der Waals surface area contributed by atoms with Crippen LogP contribution in [0.25, 0.3) is 0 Å². The minimum Gasteiger partial charge on any atom is -0.398 e. The molecule has 0 amide bonds. The van der Waals surface area contributed by atoms with E-state index in [-0.39, 0.29) is 18.0 Å². The van der Waals surface area contributed by atoms with Gasteiger partial charge >= 0.3 is 0 Å². The van der Waals surface area contributed by atoms with Crippen molar-refractivity contribution in [2.24, 2.45) is 0 Å². The lowest BCUT2D eigenvalue weighted by atomic mass is 10.0. The molecule has 0 saturated heterocycles. The number of nitrogens with two attached hydrogens (primary N) is 2. The van der Waals surface area contributed by atoms with Crippen LogP contribution in [0.4, 0.5) is 17.1 Å².